The van der Waals surface area contributed by atoms with Crippen molar-refractivity contribution in [1.82, 2.24) is 15.5 Å². The summed E-state index contributed by atoms with van der Waals surface area (Å²) in [5.41, 5.74) is 1.14. The number of carboxylic acids is 1. The van der Waals surface area contributed by atoms with Crippen LogP contribution in [0.2, 0.25) is 0 Å². The summed E-state index contributed by atoms with van der Waals surface area (Å²) < 4.78 is 0. The molecule has 1 aliphatic carbocycles. The van der Waals surface area contributed by atoms with Crippen LogP contribution in [-0.4, -0.2) is 46.5 Å². The van der Waals surface area contributed by atoms with E-state index in [-0.39, 0.29) is 18.5 Å². The highest BCUT2D eigenvalue weighted by atomic mass is 16.4. The summed E-state index contributed by atoms with van der Waals surface area (Å²) in [6.45, 7) is 2.89. The zero-order chi connectivity index (χ0) is 19.4. The van der Waals surface area contributed by atoms with E-state index in [0.717, 1.165) is 24.8 Å². The van der Waals surface area contributed by atoms with E-state index in [1.165, 1.54) is 5.56 Å². The minimum absolute atomic E-state index is 0.222. The molecule has 2 atom stereocenters. The van der Waals surface area contributed by atoms with E-state index in [1.54, 1.807) is 4.90 Å². The number of hydrogen-bond donors (Lipinski definition) is 3. The molecule has 3 amide bonds. The normalized spacial score (nSPS) is 24.6. The number of hydrogen-bond acceptors (Lipinski definition) is 3. The van der Waals surface area contributed by atoms with Crippen LogP contribution in [0.25, 0.3) is 0 Å². The third kappa shape index (κ3) is 4.40. The van der Waals surface area contributed by atoms with Gasteiger partial charge in [0.15, 0.2) is 0 Å². The Morgan fingerprint density at radius 2 is 2.00 bits per heavy atom. The first kappa shape index (κ1) is 19.2. The molecule has 0 bridgehead atoms. The summed E-state index contributed by atoms with van der Waals surface area (Å²) in [6.07, 6.45) is 3.38. The van der Waals surface area contributed by atoms with Gasteiger partial charge in [-0.3, -0.25) is 4.79 Å². The molecule has 27 heavy (non-hydrogen) atoms. The second kappa shape index (κ2) is 7.98. The molecule has 1 aromatic carbocycles. The van der Waals surface area contributed by atoms with Crippen molar-refractivity contribution in [2.45, 2.75) is 51.1 Å². The number of nitrogens with one attached hydrogen (secondary N) is 2. The van der Waals surface area contributed by atoms with E-state index < -0.39 is 17.4 Å². The molecule has 7 heteroatoms. The number of carboxylic acid groups (broad SMARTS) is 1. The van der Waals surface area contributed by atoms with Gasteiger partial charge >= 0.3 is 12.0 Å². The SMILES string of the molecule is CC1CCCC(NC(=O)CNC(=O)N2CCc3ccccc3C2)(C(=O)O)C1. The Labute approximate surface area is 159 Å². The monoisotopic (exact) mass is 373 g/mol. The van der Waals surface area contributed by atoms with Crippen LogP contribution in [0.1, 0.15) is 43.7 Å². The predicted molar refractivity (Wildman–Crippen MR) is 100 cm³/mol. The summed E-state index contributed by atoms with van der Waals surface area (Å²) in [6, 6.07) is 7.70. The lowest BCUT2D eigenvalue weighted by atomic mass is 9.76. The highest BCUT2D eigenvalue weighted by molar-refractivity contribution is 5.89. The summed E-state index contributed by atoms with van der Waals surface area (Å²) in [7, 11) is 0. The molecule has 2 unspecified atom stereocenters. The van der Waals surface area contributed by atoms with Crippen LogP contribution in [0.4, 0.5) is 4.79 Å². The molecule has 1 fully saturated rings. The highest BCUT2D eigenvalue weighted by Crippen LogP contribution is 2.32. The van der Waals surface area contributed by atoms with Crippen molar-refractivity contribution in [1.29, 1.82) is 0 Å². The Kier molecular flexibility index (Phi) is 5.68. The van der Waals surface area contributed by atoms with Crippen LogP contribution in [0, 0.1) is 5.92 Å². The Balaban J connectivity index is 1.53. The van der Waals surface area contributed by atoms with Crippen LogP contribution < -0.4 is 10.6 Å². The van der Waals surface area contributed by atoms with E-state index in [2.05, 4.69) is 16.7 Å². The topological polar surface area (TPSA) is 98.7 Å². The number of fused-ring (bicyclic) bond motifs is 1. The first-order valence-corrected chi connectivity index (χ1v) is 9.53. The van der Waals surface area contributed by atoms with Gasteiger partial charge in [-0.15, -0.1) is 0 Å². The molecular formula is C20H27N3O4. The molecule has 0 aromatic heterocycles. The predicted octanol–water partition coefficient (Wildman–Crippen LogP) is 1.90. The molecule has 3 rings (SSSR count). The van der Waals surface area contributed by atoms with Gasteiger partial charge in [-0.05, 0) is 36.3 Å². The number of carbonyl (C=O) groups is 3. The van der Waals surface area contributed by atoms with Gasteiger partial charge < -0.3 is 20.6 Å². The maximum atomic E-state index is 12.4. The van der Waals surface area contributed by atoms with E-state index in [9.17, 15) is 19.5 Å². The Bertz CT molecular complexity index is 736. The lowest BCUT2D eigenvalue weighted by molar-refractivity contribution is -0.149. The van der Waals surface area contributed by atoms with Gasteiger partial charge in [0.25, 0.3) is 0 Å². The van der Waals surface area contributed by atoms with Crippen molar-refractivity contribution in [3.8, 4) is 0 Å². The average Bonchev–Trinajstić information content (AvgIpc) is 2.65. The Hall–Kier alpha value is -2.57. The zero-order valence-corrected chi connectivity index (χ0v) is 15.7. The molecule has 1 heterocycles. The molecule has 3 N–H and O–H groups in total. The van der Waals surface area contributed by atoms with Crippen LogP contribution >= 0.6 is 0 Å². The van der Waals surface area contributed by atoms with Gasteiger partial charge in [-0.2, -0.15) is 0 Å². The average molecular weight is 373 g/mol. The molecule has 0 spiro atoms. The van der Waals surface area contributed by atoms with Crippen molar-refractivity contribution < 1.29 is 19.5 Å². The lowest BCUT2D eigenvalue weighted by Crippen LogP contribution is -2.58. The minimum Gasteiger partial charge on any atom is -0.480 e. The number of carbonyl (C=O) groups excluding carboxylic acids is 2. The maximum Gasteiger partial charge on any atom is 0.329 e. The minimum atomic E-state index is -1.22. The molecule has 1 aromatic rings. The standard InChI is InChI=1S/C20H27N3O4/c1-14-5-4-9-20(11-14,18(25)26)22-17(24)12-21-19(27)23-10-8-15-6-2-3-7-16(15)13-23/h2-3,6-7,14H,4-5,8-13H2,1H3,(H,21,27)(H,22,24)(H,25,26). The van der Waals surface area contributed by atoms with Gasteiger partial charge in [0, 0.05) is 13.1 Å². The van der Waals surface area contributed by atoms with Gasteiger partial charge in [-0.1, -0.05) is 44.0 Å². The summed E-state index contributed by atoms with van der Waals surface area (Å²) in [5.74, 6) is -1.21. The third-order valence-electron chi connectivity index (χ3n) is 5.60. The molecule has 0 saturated heterocycles. The van der Waals surface area contributed by atoms with E-state index in [4.69, 9.17) is 0 Å². The zero-order valence-electron chi connectivity index (χ0n) is 15.7. The third-order valence-corrected chi connectivity index (χ3v) is 5.60. The van der Waals surface area contributed by atoms with E-state index in [1.807, 2.05) is 25.1 Å². The van der Waals surface area contributed by atoms with E-state index in [0.29, 0.717) is 25.9 Å². The van der Waals surface area contributed by atoms with Gasteiger partial charge in [0.1, 0.15) is 5.54 Å². The fraction of sp³-hybridized carbons (Fsp3) is 0.550. The van der Waals surface area contributed by atoms with Gasteiger partial charge in [-0.25, -0.2) is 9.59 Å². The van der Waals surface area contributed by atoms with Crippen LogP contribution in [0.3, 0.4) is 0 Å². The van der Waals surface area contributed by atoms with Gasteiger partial charge in [0.05, 0.1) is 6.54 Å². The molecule has 1 saturated carbocycles. The maximum absolute atomic E-state index is 12.4. The number of rotatable bonds is 4. The molecule has 146 valence electrons. The smallest absolute Gasteiger partial charge is 0.329 e. The number of benzene rings is 1. The molecular weight excluding hydrogens is 346 g/mol. The summed E-state index contributed by atoms with van der Waals surface area (Å²) in [4.78, 5) is 38.1. The largest absolute Gasteiger partial charge is 0.480 e. The molecule has 7 nitrogen and oxygen atoms in total. The summed E-state index contributed by atoms with van der Waals surface area (Å²) in [5, 5.41) is 14.9. The van der Waals surface area contributed by atoms with Crippen LogP contribution in [-0.2, 0) is 22.6 Å². The fourth-order valence-corrected chi connectivity index (χ4v) is 4.16. The second-order valence-electron chi connectivity index (χ2n) is 7.74. The first-order valence-electron chi connectivity index (χ1n) is 9.53. The Morgan fingerprint density at radius 3 is 2.70 bits per heavy atom. The van der Waals surface area contributed by atoms with Gasteiger partial charge in [0.2, 0.25) is 5.91 Å². The van der Waals surface area contributed by atoms with Crippen LogP contribution in [0.15, 0.2) is 24.3 Å². The summed E-state index contributed by atoms with van der Waals surface area (Å²) >= 11 is 0. The number of amides is 3. The van der Waals surface area contributed by atoms with Crippen molar-refractivity contribution in [2.75, 3.05) is 13.1 Å². The number of urea groups is 1. The second-order valence-corrected chi connectivity index (χ2v) is 7.74. The highest BCUT2D eigenvalue weighted by Gasteiger charge is 2.43. The van der Waals surface area contributed by atoms with Crippen LogP contribution in [0.5, 0.6) is 0 Å². The number of nitrogens with zero attached hydrogens (tertiary/aromatic N) is 1. The Morgan fingerprint density at radius 1 is 1.26 bits per heavy atom. The molecule has 1 aliphatic heterocycles. The lowest BCUT2D eigenvalue weighted by Gasteiger charge is -2.37. The van der Waals surface area contributed by atoms with Crippen molar-refractivity contribution in [3.63, 3.8) is 0 Å². The van der Waals surface area contributed by atoms with Crippen molar-refractivity contribution >= 4 is 17.9 Å². The molecule has 0 radical (unpaired) electrons. The first-order chi connectivity index (χ1) is 12.9. The quantitative estimate of drug-likeness (QED) is 0.751. The van der Waals surface area contributed by atoms with Crippen molar-refractivity contribution in [3.05, 3.63) is 35.4 Å². The number of aliphatic carboxylic acids is 1. The van der Waals surface area contributed by atoms with Crippen molar-refractivity contribution in [2.24, 2.45) is 5.92 Å². The molecule has 2 aliphatic rings. The van der Waals surface area contributed by atoms with E-state index >= 15 is 0 Å². The fourth-order valence-electron chi connectivity index (χ4n) is 4.16.